The Bertz CT molecular complexity index is 1420. The lowest BCUT2D eigenvalue weighted by Crippen LogP contribution is -2.71. The largest absolute Gasteiger partial charge is 0.543 e. The summed E-state index contributed by atoms with van der Waals surface area (Å²) in [5, 5.41) is 31.3. The first-order chi connectivity index (χ1) is 17.4. The van der Waals surface area contributed by atoms with Gasteiger partial charge in [-0.15, -0.1) is 23.1 Å². The van der Waals surface area contributed by atoms with Crippen molar-refractivity contribution < 1.29 is 33.8 Å². The second-order valence-electron chi connectivity index (χ2n) is 7.63. The van der Waals surface area contributed by atoms with E-state index in [0.29, 0.717) is 17.0 Å². The van der Waals surface area contributed by atoms with Gasteiger partial charge in [-0.1, -0.05) is 10.3 Å². The number of hydrogen-bond donors (Lipinski definition) is 3. The predicted octanol–water partition coefficient (Wildman–Crippen LogP) is -1.65. The van der Waals surface area contributed by atoms with Crippen molar-refractivity contribution in [2.75, 3.05) is 11.5 Å². The monoisotopic (exact) mass is 528 g/mol. The van der Waals surface area contributed by atoms with Gasteiger partial charge < -0.3 is 30.7 Å². The van der Waals surface area contributed by atoms with Gasteiger partial charge in [-0.25, -0.2) is 9.55 Å². The number of carbonyl (C=O) groups is 3. The SMILES string of the molecule is Nc1nc(/C(=N/O)C(=O)N[C@@H]2C(=O)N3C(C(=O)[O-])=C(C[n+]4cccc(-c5ncno5)c4)CS[C@H]23)cs1. The zero-order valence-corrected chi connectivity index (χ0v) is 19.7. The first-order valence-corrected chi connectivity index (χ1v) is 12.2. The summed E-state index contributed by atoms with van der Waals surface area (Å²) in [6, 6.07) is 2.48. The van der Waals surface area contributed by atoms with Gasteiger partial charge in [0.1, 0.15) is 22.7 Å². The number of thiazole rings is 1. The third kappa shape index (κ3) is 4.16. The van der Waals surface area contributed by atoms with E-state index in [1.165, 1.54) is 23.5 Å². The molecule has 5 heterocycles. The number of nitrogens with one attached hydrogen (secondary N) is 1. The van der Waals surface area contributed by atoms with Crippen molar-refractivity contribution in [3.8, 4) is 11.5 Å². The fourth-order valence-electron chi connectivity index (χ4n) is 3.88. The van der Waals surface area contributed by atoms with Crippen LogP contribution in [-0.4, -0.2) is 65.9 Å². The lowest BCUT2D eigenvalue weighted by molar-refractivity contribution is -0.688. The van der Waals surface area contributed by atoms with Crippen LogP contribution in [0, 0.1) is 0 Å². The van der Waals surface area contributed by atoms with Gasteiger partial charge in [-0.05, 0) is 6.07 Å². The molecule has 16 heteroatoms. The summed E-state index contributed by atoms with van der Waals surface area (Å²) in [7, 11) is 0. The van der Waals surface area contributed by atoms with Crippen molar-refractivity contribution in [3.05, 3.63) is 53.2 Å². The molecule has 2 atom stereocenters. The van der Waals surface area contributed by atoms with E-state index in [2.05, 4.69) is 25.6 Å². The van der Waals surface area contributed by atoms with Crippen molar-refractivity contribution in [2.24, 2.45) is 5.16 Å². The highest BCUT2D eigenvalue weighted by atomic mass is 32.2. The smallest absolute Gasteiger partial charge is 0.276 e. The molecule has 2 aliphatic rings. The van der Waals surface area contributed by atoms with Crippen LogP contribution in [0.1, 0.15) is 5.69 Å². The first kappa shape index (κ1) is 23.4. The highest BCUT2D eigenvalue weighted by Gasteiger charge is 2.53. The Labute approximate surface area is 210 Å². The van der Waals surface area contributed by atoms with E-state index < -0.39 is 34.9 Å². The molecule has 0 spiro atoms. The van der Waals surface area contributed by atoms with Crippen LogP contribution in [0.3, 0.4) is 0 Å². The van der Waals surface area contributed by atoms with Gasteiger partial charge in [0.2, 0.25) is 0 Å². The molecule has 2 amide bonds. The molecule has 0 saturated carbocycles. The minimum absolute atomic E-state index is 0.0508. The zero-order valence-electron chi connectivity index (χ0n) is 18.1. The summed E-state index contributed by atoms with van der Waals surface area (Å²) in [6.07, 6.45) is 4.72. The number of carboxylic acid groups (broad SMARTS) is 1. The second kappa shape index (κ2) is 9.38. The van der Waals surface area contributed by atoms with Gasteiger partial charge >= 0.3 is 0 Å². The lowest BCUT2D eigenvalue weighted by atomic mass is 10.0. The molecule has 0 aliphatic carbocycles. The summed E-state index contributed by atoms with van der Waals surface area (Å²) in [5.74, 6) is -2.40. The van der Waals surface area contributed by atoms with Crippen molar-refractivity contribution in [1.82, 2.24) is 25.3 Å². The van der Waals surface area contributed by atoms with E-state index in [0.717, 1.165) is 16.2 Å². The summed E-state index contributed by atoms with van der Waals surface area (Å²) in [6.45, 7) is 0.165. The number of β-lactam (4-membered cyclic amide) rings is 1. The van der Waals surface area contributed by atoms with Crippen molar-refractivity contribution in [3.63, 3.8) is 0 Å². The quantitative estimate of drug-likeness (QED) is 0.104. The summed E-state index contributed by atoms with van der Waals surface area (Å²) >= 11 is 2.34. The number of amides is 2. The summed E-state index contributed by atoms with van der Waals surface area (Å²) < 4.78 is 6.79. The van der Waals surface area contributed by atoms with Gasteiger partial charge in [0, 0.05) is 22.8 Å². The maximum absolute atomic E-state index is 12.9. The molecule has 1 fully saturated rings. The van der Waals surface area contributed by atoms with Crippen molar-refractivity contribution in [1.29, 1.82) is 0 Å². The topological polar surface area (TPSA) is 204 Å². The van der Waals surface area contributed by atoms with Crippen molar-refractivity contribution in [2.45, 2.75) is 18.0 Å². The molecule has 3 aromatic rings. The Morgan fingerprint density at radius 2 is 2.28 bits per heavy atom. The zero-order chi connectivity index (χ0) is 25.4. The number of anilines is 1. The molecule has 4 N–H and O–H groups in total. The molecule has 3 aromatic heterocycles. The molecule has 36 heavy (non-hydrogen) atoms. The van der Waals surface area contributed by atoms with Crippen LogP contribution in [0.5, 0.6) is 0 Å². The van der Waals surface area contributed by atoms with Crippen molar-refractivity contribution >= 4 is 51.7 Å². The number of carbonyl (C=O) groups excluding carboxylic acids is 3. The number of hydrogen-bond acceptors (Lipinski definition) is 13. The number of nitrogen functional groups attached to an aromatic ring is 1. The van der Waals surface area contributed by atoms with Gasteiger partial charge in [0.15, 0.2) is 36.1 Å². The molecular formula is C20H16N8O6S2. The number of pyridine rings is 1. The molecule has 184 valence electrons. The normalized spacial score (nSPS) is 19.6. The fraction of sp³-hybridized carbons (Fsp3) is 0.200. The number of nitrogens with two attached hydrogens (primary N) is 1. The van der Waals surface area contributed by atoms with Gasteiger partial charge in [0.05, 0.1) is 11.7 Å². The van der Waals surface area contributed by atoms with Crippen LogP contribution in [0.4, 0.5) is 5.13 Å². The van der Waals surface area contributed by atoms with E-state index in [9.17, 15) is 24.7 Å². The van der Waals surface area contributed by atoms with E-state index in [1.54, 1.807) is 29.1 Å². The number of thioether (sulfide) groups is 1. The number of fused-ring (bicyclic) bond motifs is 1. The number of rotatable bonds is 7. The van der Waals surface area contributed by atoms with Gasteiger partial charge in [-0.3, -0.25) is 14.5 Å². The number of nitrogens with zero attached hydrogens (tertiary/aromatic N) is 6. The highest BCUT2D eigenvalue weighted by molar-refractivity contribution is 8.00. The van der Waals surface area contributed by atoms with E-state index >= 15 is 0 Å². The second-order valence-corrected chi connectivity index (χ2v) is 9.63. The third-order valence-corrected chi connectivity index (χ3v) is 7.46. The van der Waals surface area contributed by atoms with Crippen LogP contribution < -0.4 is 20.7 Å². The van der Waals surface area contributed by atoms with Crippen LogP contribution >= 0.6 is 23.1 Å². The van der Waals surface area contributed by atoms with Crippen LogP contribution in [0.2, 0.25) is 0 Å². The standard InChI is InChI=1S/C20H16N8O6S2/c21-20-24-11(7-36-20)12(26-33)15(29)25-13-17(30)28-14(19(31)32)10(6-35-18(13)28)5-27-3-1-2-9(4-27)16-22-8-23-34-16/h1-4,7-8,13,18H,5-6H2,(H4-,21,24,25,29,31,32,33)/t13-,18-/m1/s1. The molecule has 5 rings (SSSR count). The molecule has 14 nitrogen and oxygen atoms in total. The molecule has 0 bridgehead atoms. The Morgan fingerprint density at radius 3 is 2.94 bits per heavy atom. The van der Waals surface area contributed by atoms with Gasteiger partial charge in [0.25, 0.3) is 17.7 Å². The summed E-state index contributed by atoms with van der Waals surface area (Å²) in [4.78, 5) is 46.6. The Hall–Kier alpha value is -4.31. The average molecular weight is 529 g/mol. The number of aromatic nitrogens is 4. The molecule has 2 aliphatic heterocycles. The molecule has 1 saturated heterocycles. The fourth-order valence-corrected chi connectivity index (χ4v) is 5.76. The van der Waals surface area contributed by atoms with Crippen LogP contribution in [-0.2, 0) is 20.9 Å². The minimum atomic E-state index is -1.50. The molecule has 0 aromatic carbocycles. The van der Waals surface area contributed by atoms with E-state index in [4.69, 9.17) is 10.3 Å². The summed E-state index contributed by atoms with van der Waals surface area (Å²) in [5.41, 5.74) is 6.05. The Balaban J connectivity index is 1.34. The third-order valence-electron chi connectivity index (χ3n) is 5.45. The Morgan fingerprint density at radius 1 is 1.44 bits per heavy atom. The number of oxime groups is 1. The van der Waals surface area contributed by atoms with E-state index in [1.807, 2.05) is 0 Å². The molecular weight excluding hydrogens is 512 g/mol. The number of aliphatic carboxylic acids is 1. The lowest BCUT2D eigenvalue weighted by Gasteiger charge is -2.50. The predicted molar refractivity (Wildman–Crippen MR) is 122 cm³/mol. The first-order valence-electron chi connectivity index (χ1n) is 10.3. The minimum Gasteiger partial charge on any atom is -0.543 e. The molecule has 0 unspecified atom stereocenters. The maximum Gasteiger partial charge on any atom is 0.276 e. The maximum atomic E-state index is 12.9. The van der Waals surface area contributed by atoms with E-state index in [-0.39, 0.29) is 28.8 Å². The van der Waals surface area contributed by atoms with Crippen LogP contribution in [0.25, 0.3) is 11.5 Å². The highest BCUT2D eigenvalue weighted by Crippen LogP contribution is 2.40. The van der Waals surface area contributed by atoms with Gasteiger partial charge in [-0.2, -0.15) is 4.98 Å². The molecule has 0 radical (unpaired) electrons. The Kier molecular flexibility index (Phi) is 6.11. The number of carboxylic acids is 1. The van der Waals surface area contributed by atoms with Crippen LogP contribution in [0.15, 0.2) is 57.2 Å². The average Bonchev–Trinajstić information content (AvgIpc) is 3.55.